The zero-order valence-electron chi connectivity index (χ0n) is 17.1. The summed E-state index contributed by atoms with van der Waals surface area (Å²) < 4.78 is 8.39. The average Bonchev–Trinajstić information content (AvgIpc) is 2.79. The van der Waals surface area contributed by atoms with E-state index in [4.69, 9.17) is 21.9 Å². The van der Waals surface area contributed by atoms with E-state index >= 15 is 0 Å². The summed E-state index contributed by atoms with van der Waals surface area (Å²) >= 11 is 5.90. The molecule has 1 unspecified atom stereocenters. The van der Waals surface area contributed by atoms with Gasteiger partial charge < -0.3 is 10.1 Å². The molecule has 0 aliphatic carbocycles. The number of nitrogens with zero attached hydrogens (tertiary/aromatic N) is 3. The van der Waals surface area contributed by atoms with Crippen molar-refractivity contribution in [1.29, 1.82) is 0 Å². The highest BCUT2D eigenvalue weighted by atomic mass is 32.1. The van der Waals surface area contributed by atoms with E-state index in [0.29, 0.717) is 13.2 Å². The molecule has 2 heterocycles. The monoisotopic (exact) mass is 416 g/mol. The Morgan fingerprint density at radius 3 is 2.60 bits per heavy atom. The first kappa shape index (κ1) is 20.2. The molecule has 4 rings (SSSR count). The van der Waals surface area contributed by atoms with Gasteiger partial charge in [0.15, 0.2) is 0 Å². The van der Waals surface area contributed by atoms with Crippen molar-refractivity contribution in [2.45, 2.75) is 26.4 Å². The number of ether oxygens (including phenoxy) is 1. The molecule has 4 aromatic rings. The smallest absolute Gasteiger partial charge is 0.131 e. The van der Waals surface area contributed by atoms with Crippen molar-refractivity contribution < 1.29 is 4.74 Å². The molecule has 5 nitrogen and oxygen atoms in total. The molecule has 30 heavy (non-hydrogen) atoms. The number of fused-ring (bicyclic) bond motifs is 1. The maximum atomic E-state index is 5.90. The number of benzene rings is 2. The lowest BCUT2D eigenvalue weighted by Crippen LogP contribution is -2.23. The summed E-state index contributed by atoms with van der Waals surface area (Å²) in [5, 5.41) is 4.52. The number of pyridine rings is 1. The lowest BCUT2D eigenvalue weighted by Gasteiger charge is -2.21. The minimum atomic E-state index is -0.0249. The van der Waals surface area contributed by atoms with Crippen molar-refractivity contribution in [3.63, 3.8) is 0 Å². The maximum Gasteiger partial charge on any atom is 0.131 e. The number of nitrogens with one attached hydrogen (secondary N) is 1. The third-order valence-corrected chi connectivity index (χ3v) is 5.33. The van der Waals surface area contributed by atoms with Gasteiger partial charge in [0.2, 0.25) is 0 Å². The Kier molecular flexibility index (Phi) is 6.16. The Morgan fingerprint density at radius 2 is 1.87 bits per heavy atom. The highest BCUT2D eigenvalue weighted by Crippen LogP contribution is 2.25. The van der Waals surface area contributed by atoms with Crippen molar-refractivity contribution in [3.8, 4) is 11.4 Å². The van der Waals surface area contributed by atoms with Gasteiger partial charge in [0.1, 0.15) is 16.2 Å². The Bertz CT molecular complexity index is 1190. The highest BCUT2D eigenvalue weighted by Gasteiger charge is 2.16. The van der Waals surface area contributed by atoms with Crippen LogP contribution >= 0.6 is 12.2 Å². The normalized spacial score (nSPS) is 12.1. The molecule has 152 valence electrons. The van der Waals surface area contributed by atoms with Gasteiger partial charge in [0.25, 0.3) is 0 Å². The molecule has 0 amide bonds. The second-order valence-corrected chi connectivity index (χ2v) is 7.41. The largest absolute Gasteiger partial charge is 0.494 e. The van der Waals surface area contributed by atoms with Crippen molar-refractivity contribution >= 4 is 23.1 Å². The third kappa shape index (κ3) is 4.25. The molecule has 0 radical (unpaired) electrons. The fraction of sp³-hybridized carbons (Fsp3) is 0.208. The first-order chi connectivity index (χ1) is 14.7. The van der Waals surface area contributed by atoms with Crippen LogP contribution in [0.15, 0.2) is 73.1 Å². The molecule has 2 aromatic heterocycles. The summed E-state index contributed by atoms with van der Waals surface area (Å²) in [6, 6.07) is 20.0. The van der Waals surface area contributed by atoms with Crippen LogP contribution in [0.25, 0.3) is 16.6 Å². The van der Waals surface area contributed by atoms with Gasteiger partial charge in [-0.15, -0.1) is 0 Å². The van der Waals surface area contributed by atoms with E-state index in [0.717, 1.165) is 38.4 Å². The zero-order valence-corrected chi connectivity index (χ0v) is 17.9. The van der Waals surface area contributed by atoms with Crippen LogP contribution in [0.5, 0.6) is 5.75 Å². The van der Waals surface area contributed by atoms with Crippen LogP contribution < -0.4 is 10.1 Å². The van der Waals surface area contributed by atoms with E-state index in [1.54, 1.807) is 6.20 Å². The van der Waals surface area contributed by atoms with E-state index in [-0.39, 0.29) is 6.04 Å². The van der Waals surface area contributed by atoms with E-state index in [2.05, 4.69) is 23.3 Å². The molecule has 1 N–H and O–H groups in total. The fourth-order valence-electron chi connectivity index (χ4n) is 3.41. The SMILES string of the molecule is CCOc1ccc(-n2c(C(C)NCc3cccnc3)nc3ccccc3c2=S)cc1. The summed E-state index contributed by atoms with van der Waals surface area (Å²) in [6.07, 6.45) is 3.65. The predicted molar refractivity (Wildman–Crippen MR) is 123 cm³/mol. The molecule has 0 aliphatic rings. The molecule has 0 aliphatic heterocycles. The summed E-state index contributed by atoms with van der Waals surface area (Å²) in [6.45, 7) is 5.41. The minimum Gasteiger partial charge on any atom is -0.494 e. The topological polar surface area (TPSA) is 52.0 Å². The van der Waals surface area contributed by atoms with Crippen LogP contribution in [0, 0.1) is 4.64 Å². The van der Waals surface area contributed by atoms with E-state index in [1.807, 2.05) is 72.3 Å². The lowest BCUT2D eigenvalue weighted by atomic mass is 10.2. The van der Waals surface area contributed by atoms with Crippen molar-refractivity contribution in [3.05, 3.63) is 89.1 Å². The summed E-state index contributed by atoms with van der Waals surface area (Å²) in [4.78, 5) is 9.16. The van der Waals surface area contributed by atoms with Gasteiger partial charge in [-0.2, -0.15) is 0 Å². The molecular formula is C24H24N4OS. The van der Waals surface area contributed by atoms with Gasteiger partial charge in [-0.1, -0.05) is 30.4 Å². The van der Waals surface area contributed by atoms with Gasteiger partial charge in [-0.3, -0.25) is 9.55 Å². The second-order valence-electron chi connectivity index (χ2n) is 7.02. The number of para-hydroxylation sites is 1. The minimum absolute atomic E-state index is 0.0249. The summed E-state index contributed by atoms with van der Waals surface area (Å²) in [5.74, 6) is 1.71. The molecule has 0 fully saturated rings. The van der Waals surface area contributed by atoms with Crippen LogP contribution in [-0.2, 0) is 6.54 Å². The molecular weight excluding hydrogens is 392 g/mol. The van der Waals surface area contributed by atoms with Gasteiger partial charge in [0, 0.05) is 30.0 Å². The molecule has 0 bridgehead atoms. The molecule has 0 saturated heterocycles. The maximum absolute atomic E-state index is 5.90. The number of aromatic nitrogens is 3. The molecule has 2 aromatic carbocycles. The number of rotatable bonds is 7. The lowest BCUT2D eigenvalue weighted by molar-refractivity contribution is 0.340. The molecule has 0 saturated carbocycles. The van der Waals surface area contributed by atoms with Crippen molar-refractivity contribution in [1.82, 2.24) is 19.9 Å². The Balaban J connectivity index is 1.76. The van der Waals surface area contributed by atoms with E-state index in [9.17, 15) is 0 Å². The Hall–Kier alpha value is -3.09. The Labute approximate surface area is 181 Å². The average molecular weight is 417 g/mol. The molecule has 0 spiro atoms. The van der Waals surface area contributed by atoms with Gasteiger partial charge >= 0.3 is 0 Å². The zero-order chi connectivity index (χ0) is 20.9. The summed E-state index contributed by atoms with van der Waals surface area (Å²) in [7, 11) is 0. The van der Waals surface area contributed by atoms with Crippen LogP contribution in [-0.4, -0.2) is 21.1 Å². The third-order valence-electron chi connectivity index (χ3n) is 4.93. The summed E-state index contributed by atoms with van der Waals surface area (Å²) in [5.41, 5.74) is 2.98. The number of hydrogen-bond acceptors (Lipinski definition) is 5. The number of hydrogen-bond donors (Lipinski definition) is 1. The highest BCUT2D eigenvalue weighted by molar-refractivity contribution is 7.71. The van der Waals surface area contributed by atoms with Crippen LogP contribution in [0.1, 0.15) is 31.3 Å². The van der Waals surface area contributed by atoms with Crippen molar-refractivity contribution in [2.24, 2.45) is 0 Å². The predicted octanol–water partition coefficient (Wildman–Crippen LogP) is 5.40. The first-order valence-electron chi connectivity index (χ1n) is 10.0. The van der Waals surface area contributed by atoms with Crippen molar-refractivity contribution in [2.75, 3.05) is 6.61 Å². The Morgan fingerprint density at radius 1 is 1.07 bits per heavy atom. The standard InChI is InChI=1S/C24H24N4OS/c1-3-29-20-12-10-19(11-13-20)28-23(17(2)26-16-18-7-6-14-25-15-18)27-22-9-5-4-8-21(22)24(28)30/h4-15,17,26H,3,16H2,1-2H3. The molecule has 1 atom stereocenters. The van der Waals surface area contributed by atoms with Gasteiger partial charge in [-0.05, 0) is 61.9 Å². The molecule has 6 heteroatoms. The fourth-order valence-corrected chi connectivity index (χ4v) is 3.78. The van der Waals surface area contributed by atoms with Crippen LogP contribution in [0.3, 0.4) is 0 Å². The van der Waals surface area contributed by atoms with E-state index < -0.39 is 0 Å². The quantitative estimate of drug-likeness (QED) is 0.409. The van der Waals surface area contributed by atoms with Gasteiger partial charge in [0.05, 0.1) is 18.2 Å². The van der Waals surface area contributed by atoms with Crippen LogP contribution in [0.4, 0.5) is 0 Å². The van der Waals surface area contributed by atoms with Crippen LogP contribution in [0.2, 0.25) is 0 Å². The first-order valence-corrected chi connectivity index (χ1v) is 10.5. The van der Waals surface area contributed by atoms with E-state index in [1.165, 1.54) is 0 Å². The van der Waals surface area contributed by atoms with Gasteiger partial charge in [-0.25, -0.2) is 4.98 Å². The second kappa shape index (κ2) is 9.15.